The van der Waals surface area contributed by atoms with Crippen LogP contribution in [0.1, 0.15) is 0 Å². The fourth-order valence-electron chi connectivity index (χ4n) is 0.430. The normalized spacial score (nSPS) is 19.0. The molecule has 50 valence electrons. The summed E-state index contributed by atoms with van der Waals surface area (Å²) in [6.45, 7) is 0.235. The van der Waals surface area contributed by atoms with Gasteiger partial charge in [-0.25, -0.2) is 9.41 Å². The summed E-state index contributed by atoms with van der Waals surface area (Å²) in [4.78, 5) is 3.70. The molecule has 0 aliphatic carbocycles. The predicted molar refractivity (Wildman–Crippen MR) is 35.0 cm³/mol. The van der Waals surface area contributed by atoms with Gasteiger partial charge in [-0.2, -0.15) is 0 Å². The zero-order valence-electron chi connectivity index (χ0n) is 4.56. The number of guanidine groups is 2. The van der Waals surface area contributed by atoms with Crippen molar-refractivity contribution in [1.82, 2.24) is 9.74 Å². The summed E-state index contributed by atoms with van der Waals surface area (Å²) in [5, 5.41) is 9.48. The first-order valence-corrected chi connectivity index (χ1v) is 2.63. The molecule has 0 fully saturated rings. The van der Waals surface area contributed by atoms with Crippen molar-refractivity contribution in [2.45, 2.75) is 0 Å². The molecule has 0 spiro atoms. The quantitative estimate of drug-likeness (QED) is 0.395. The first-order chi connectivity index (χ1) is 4.20. The van der Waals surface area contributed by atoms with Crippen LogP contribution >= 0.6 is 11.8 Å². The molecule has 1 aliphatic heterocycles. The molecule has 6 heteroatoms. The lowest BCUT2D eigenvalue weighted by molar-refractivity contribution is 0.630. The Labute approximate surface area is 57.1 Å². The van der Waals surface area contributed by atoms with Crippen molar-refractivity contribution in [3.05, 3.63) is 0 Å². The van der Waals surface area contributed by atoms with E-state index in [1.165, 1.54) is 0 Å². The Hall–Kier alpha value is -0.970. The largest absolute Gasteiger partial charge is 0.370 e. The maximum atomic E-state index is 7.05. The Bertz CT molecular complexity index is 164. The first-order valence-electron chi connectivity index (χ1n) is 2.29. The van der Waals surface area contributed by atoms with Crippen molar-refractivity contribution < 1.29 is 0 Å². The summed E-state index contributed by atoms with van der Waals surface area (Å²) < 4.78 is 1.12. The average Bonchev–Trinajstić information content (AvgIpc) is 1.80. The maximum absolute atomic E-state index is 7.05. The average molecular weight is 148 g/mol. The van der Waals surface area contributed by atoms with Gasteiger partial charge in [0.05, 0.1) is 0 Å². The number of halogens is 1. The van der Waals surface area contributed by atoms with Gasteiger partial charge in [-0.15, -0.1) is 0 Å². The van der Waals surface area contributed by atoms with Crippen LogP contribution in [0.15, 0.2) is 4.99 Å². The van der Waals surface area contributed by atoms with Crippen LogP contribution in [0.5, 0.6) is 0 Å². The van der Waals surface area contributed by atoms with E-state index in [2.05, 4.69) is 10.3 Å². The maximum Gasteiger partial charge on any atom is 0.214 e. The number of nitrogens with two attached hydrogens (primary N) is 1. The molecule has 0 aromatic carbocycles. The van der Waals surface area contributed by atoms with E-state index in [1.54, 1.807) is 0 Å². The molecule has 0 atom stereocenters. The second kappa shape index (κ2) is 2.10. The molecule has 0 saturated carbocycles. The van der Waals surface area contributed by atoms with Crippen molar-refractivity contribution in [2.75, 3.05) is 6.67 Å². The van der Waals surface area contributed by atoms with E-state index in [0.29, 0.717) is 0 Å². The van der Waals surface area contributed by atoms with Crippen molar-refractivity contribution in [3.8, 4) is 0 Å². The summed E-state index contributed by atoms with van der Waals surface area (Å²) in [5.74, 6) is 0.293. The number of nitrogens with one attached hydrogen (secondary N) is 2. The molecule has 0 amide bonds. The van der Waals surface area contributed by atoms with Crippen molar-refractivity contribution in [3.63, 3.8) is 0 Å². The highest BCUT2D eigenvalue weighted by molar-refractivity contribution is 6.23. The molecule has 0 unspecified atom stereocenters. The Balaban J connectivity index is 2.65. The van der Waals surface area contributed by atoms with Gasteiger partial charge in [0.25, 0.3) is 0 Å². The zero-order valence-corrected chi connectivity index (χ0v) is 5.31. The Morgan fingerprint density at radius 2 is 2.56 bits per heavy atom. The van der Waals surface area contributed by atoms with Crippen LogP contribution in [-0.4, -0.2) is 23.0 Å². The highest BCUT2D eigenvalue weighted by atomic mass is 35.5. The Kier molecular flexibility index (Phi) is 1.44. The molecule has 1 rings (SSSR count). The van der Waals surface area contributed by atoms with Gasteiger partial charge in [-0.05, 0) is 0 Å². The lowest BCUT2D eigenvalue weighted by atomic mass is 10.7. The third-order valence-corrected chi connectivity index (χ3v) is 1.13. The summed E-state index contributed by atoms with van der Waals surface area (Å²) in [6, 6.07) is 0. The van der Waals surface area contributed by atoms with Crippen molar-refractivity contribution in [2.24, 2.45) is 10.7 Å². The molecule has 1 heterocycles. The van der Waals surface area contributed by atoms with Crippen LogP contribution in [0.4, 0.5) is 0 Å². The molecule has 0 aromatic heterocycles. The standard InChI is InChI=1S/C3H6ClN5/c4-9-1-7-2(5)8-3(9)6/h1H2,(H4,5,6,7,8). The predicted octanol–water partition coefficient (Wildman–Crippen LogP) is -0.748. The fourth-order valence-corrected chi connectivity index (χ4v) is 0.526. The molecule has 0 aromatic rings. The van der Waals surface area contributed by atoms with Crippen molar-refractivity contribution >= 4 is 23.7 Å². The van der Waals surface area contributed by atoms with Gasteiger partial charge in [-0.3, -0.25) is 10.7 Å². The van der Waals surface area contributed by atoms with E-state index >= 15 is 0 Å². The van der Waals surface area contributed by atoms with Crippen LogP contribution in [0.3, 0.4) is 0 Å². The van der Waals surface area contributed by atoms with Crippen LogP contribution < -0.4 is 11.1 Å². The van der Waals surface area contributed by atoms with E-state index in [1.807, 2.05) is 0 Å². The van der Waals surface area contributed by atoms with Crippen LogP contribution in [0.2, 0.25) is 0 Å². The van der Waals surface area contributed by atoms with Gasteiger partial charge in [0.1, 0.15) is 6.67 Å². The number of nitrogens with zero attached hydrogens (tertiary/aromatic N) is 2. The summed E-state index contributed by atoms with van der Waals surface area (Å²) in [7, 11) is 0. The Morgan fingerprint density at radius 3 is 3.00 bits per heavy atom. The summed E-state index contributed by atoms with van der Waals surface area (Å²) in [6.07, 6.45) is 0. The number of aliphatic imine (C=N–C) groups is 1. The minimum absolute atomic E-state index is 0.0594. The molecule has 0 radical (unpaired) electrons. The second-order valence-corrected chi connectivity index (χ2v) is 1.93. The minimum atomic E-state index is 0.0594. The minimum Gasteiger partial charge on any atom is -0.370 e. The van der Waals surface area contributed by atoms with Gasteiger partial charge in [-0.1, -0.05) is 0 Å². The third-order valence-electron chi connectivity index (χ3n) is 0.854. The zero-order chi connectivity index (χ0) is 6.85. The summed E-state index contributed by atoms with van der Waals surface area (Å²) in [5.41, 5.74) is 5.20. The smallest absolute Gasteiger partial charge is 0.214 e. The van der Waals surface area contributed by atoms with E-state index in [4.69, 9.17) is 22.9 Å². The summed E-state index contributed by atoms with van der Waals surface area (Å²) >= 11 is 5.42. The number of hydrogen-bond acceptors (Lipinski definition) is 3. The van der Waals surface area contributed by atoms with Crippen LogP contribution in [0.25, 0.3) is 0 Å². The number of rotatable bonds is 0. The van der Waals surface area contributed by atoms with Gasteiger partial charge in [0.2, 0.25) is 5.96 Å². The third kappa shape index (κ3) is 1.23. The van der Waals surface area contributed by atoms with Gasteiger partial charge in [0.15, 0.2) is 5.96 Å². The first kappa shape index (κ1) is 6.15. The molecular weight excluding hydrogens is 142 g/mol. The molecule has 1 aliphatic rings. The van der Waals surface area contributed by atoms with E-state index < -0.39 is 0 Å². The SMILES string of the molecule is N=C1NC(N)=NCN1Cl. The van der Waals surface area contributed by atoms with Crippen LogP contribution in [0, 0.1) is 5.41 Å². The molecule has 0 saturated heterocycles. The monoisotopic (exact) mass is 147 g/mol. The van der Waals surface area contributed by atoms with Crippen LogP contribution in [-0.2, 0) is 0 Å². The molecule has 9 heavy (non-hydrogen) atoms. The van der Waals surface area contributed by atoms with Gasteiger partial charge in [0, 0.05) is 11.8 Å². The molecular formula is C3H6ClN5. The van der Waals surface area contributed by atoms with Gasteiger partial charge < -0.3 is 5.73 Å². The van der Waals surface area contributed by atoms with E-state index in [9.17, 15) is 0 Å². The topological polar surface area (TPSA) is 77.5 Å². The van der Waals surface area contributed by atoms with Crippen molar-refractivity contribution in [1.29, 1.82) is 5.41 Å². The molecule has 5 nitrogen and oxygen atoms in total. The molecule has 4 N–H and O–H groups in total. The Morgan fingerprint density at radius 1 is 1.89 bits per heavy atom. The van der Waals surface area contributed by atoms with E-state index in [0.717, 1.165) is 4.42 Å². The lowest BCUT2D eigenvalue weighted by Gasteiger charge is -2.19. The fraction of sp³-hybridized carbons (Fsp3) is 0.333. The van der Waals surface area contributed by atoms with Gasteiger partial charge >= 0.3 is 0 Å². The van der Waals surface area contributed by atoms with E-state index in [-0.39, 0.29) is 18.6 Å². The number of hydrogen-bond donors (Lipinski definition) is 3. The lowest BCUT2D eigenvalue weighted by Crippen LogP contribution is -2.47. The highest BCUT2D eigenvalue weighted by Gasteiger charge is 2.11. The highest BCUT2D eigenvalue weighted by Crippen LogP contribution is 1.96. The molecule has 0 bridgehead atoms. The second-order valence-electron chi connectivity index (χ2n) is 1.52.